The van der Waals surface area contributed by atoms with Crippen LogP contribution in [0.4, 0.5) is 8.78 Å². The Balaban J connectivity index is 1.71. The van der Waals surface area contributed by atoms with Gasteiger partial charge < -0.3 is 9.84 Å². The van der Waals surface area contributed by atoms with Gasteiger partial charge in [-0.15, -0.1) is 11.8 Å². The van der Waals surface area contributed by atoms with Crippen LogP contribution in [0.5, 0.6) is 0 Å². The van der Waals surface area contributed by atoms with Crippen molar-refractivity contribution in [1.29, 1.82) is 0 Å². The van der Waals surface area contributed by atoms with Gasteiger partial charge in [-0.25, -0.2) is 8.78 Å². The van der Waals surface area contributed by atoms with E-state index in [4.69, 9.17) is 4.52 Å². The summed E-state index contributed by atoms with van der Waals surface area (Å²) in [6, 6.07) is 10.2. The molecule has 140 valence electrons. The van der Waals surface area contributed by atoms with Crippen molar-refractivity contribution in [3.63, 3.8) is 0 Å². The van der Waals surface area contributed by atoms with Crippen molar-refractivity contribution in [3.8, 4) is 0 Å². The number of thioether (sulfide) groups is 1. The molecule has 27 heavy (non-hydrogen) atoms. The number of hydrogen-bond donors (Lipinski definition) is 1. The lowest BCUT2D eigenvalue weighted by atomic mass is 10.1. The highest BCUT2D eigenvalue weighted by atomic mass is 32.2. The molecule has 5 nitrogen and oxygen atoms in total. The SMILES string of the molecule is Cc1nc(CSc2ccccc2C(=O)NC(C)c2ccc(F)c(F)c2)no1. The minimum absolute atomic E-state index is 0.306. The largest absolute Gasteiger partial charge is 0.345 e. The summed E-state index contributed by atoms with van der Waals surface area (Å²) in [4.78, 5) is 17.6. The van der Waals surface area contributed by atoms with Crippen LogP contribution < -0.4 is 5.32 Å². The number of amides is 1. The van der Waals surface area contributed by atoms with Gasteiger partial charge in [-0.05, 0) is 36.8 Å². The summed E-state index contributed by atoms with van der Waals surface area (Å²) in [5.41, 5.74) is 0.965. The number of nitrogens with zero attached hydrogens (tertiary/aromatic N) is 2. The van der Waals surface area contributed by atoms with E-state index in [1.54, 1.807) is 26.0 Å². The van der Waals surface area contributed by atoms with Crippen LogP contribution in [0.25, 0.3) is 0 Å². The second-order valence-corrected chi connectivity index (χ2v) is 6.90. The predicted octanol–water partition coefficient (Wildman–Crippen LogP) is 4.44. The van der Waals surface area contributed by atoms with Crippen molar-refractivity contribution < 1.29 is 18.1 Å². The maximum atomic E-state index is 13.4. The average Bonchev–Trinajstić information content (AvgIpc) is 3.07. The first-order valence-electron chi connectivity index (χ1n) is 8.21. The maximum Gasteiger partial charge on any atom is 0.252 e. The predicted molar refractivity (Wildman–Crippen MR) is 97.3 cm³/mol. The highest BCUT2D eigenvalue weighted by Crippen LogP contribution is 2.26. The number of halogens is 2. The molecule has 1 unspecified atom stereocenters. The topological polar surface area (TPSA) is 68.0 Å². The molecule has 0 fully saturated rings. The fourth-order valence-electron chi connectivity index (χ4n) is 2.46. The number of carbonyl (C=O) groups is 1. The molecule has 1 heterocycles. The van der Waals surface area contributed by atoms with Gasteiger partial charge in [-0.3, -0.25) is 4.79 Å². The Kier molecular flexibility index (Phi) is 5.85. The van der Waals surface area contributed by atoms with E-state index in [-0.39, 0.29) is 5.91 Å². The molecule has 1 N–H and O–H groups in total. The van der Waals surface area contributed by atoms with E-state index >= 15 is 0 Å². The van der Waals surface area contributed by atoms with E-state index in [9.17, 15) is 13.6 Å². The zero-order valence-corrected chi connectivity index (χ0v) is 15.5. The molecule has 0 saturated heterocycles. The molecule has 1 atom stereocenters. The van der Waals surface area contributed by atoms with Crippen LogP contribution in [0.15, 0.2) is 51.9 Å². The van der Waals surface area contributed by atoms with Gasteiger partial charge in [0, 0.05) is 11.8 Å². The zero-order valence-electron chi connectivity index (χ0n) is 14.7. The molecular formula is C19H17F2N3O2S. The highest BCUT2D eigenvalue weighted by Gasteiger charge is 2.16. The van der Waals surface area contributed by atoms with E-state index in [2.05, 4.69) is 15.5 Å². The normalized spacial score (nSPS) is 12.0. The number of benzene rings is 2. The molecule has 0 aliphatic carbocycles. The second-order valence-electron chi connectivity index (χ2n) is 5.88. The van der Waals surface area contributed by atoms with Gasteiger partial charge in [0.15, 0.2) is 17.5 Å². The molecule has 1 aromatic heterocycles. The fourth-order valence-corrected chi connectivity index (χ4v) is 3.35. The van der Waals surface area contributed by atoms with Gasteiger partial charge in [0.1, 0.15) is 0 Å². The lowest BCUT2D eigenvalue weighted by Crippen LogP contribution is -2.27. The van der Waals surface area contributed by atoms with Crippen LogP contribution in [-0.2, 0) is 5.75 Å². The molecule has 3 aromatic rings. The third-order valence-electron chi connectivity index (χ3n) is 3.85. The molecular weight excluding hydrogens is 372 g/mol. The molecule has 0 aliphatic heterocycles. The van der Waals surface area contributed by atoms with Crippen LogP contribution in [-0.4, -0.2) is 16.0 Å². The Labute approximate surface area is 159 Å². The minimum Gasteiger partial charge on any atom is -0.345 e. The van der Waals surface area contributed by atoms with Gasteiger partial charge in [0.2, 0.25) is 5.89 Å². The van der Waals surface area contributed by atoms with Crippen molar-refractivity contribution in [1.82, 2.24) is 15.5 Å². The van der Waals surface area contributed by atoms with Gasteiger partial charge in [-0.1, -0.05) is 23.4 Å². The van der Waals surface area contributed by atoms with Crippen LogP contribution in [0.2, 0.25) is 0 Å². The molecule has 0 aliphatic rings. The van der Waals surface area contributed by atoms with Crippen molar-refractivity contribution in [2.24, 2.45) is 0 Å². The summed E-state index contributed by atoms with van der Waals surface area (Å²) in [6.07, 6.45) is 0. The van der Waals surface area contributed by atoms with Crippen molar-refractivity contribution in [2.45, 2.75) is 30.5 Å². The second kappa shape index (κ2) is 8.30. The maximum absolute atomic E-state index is 13.4. The molecule has 0 bridgehead atoms. The molecule has 0 spiro atoms. The van der Waals surface area contributed by atoms with E-state index < -0.39 is 17.7 Å². The lowest BCUT2D eigenvalue weighted by Gasteiger charge is -2.16. The quantitative estimate of drug-likeness (QED) is 0.631. The number of carbonyl (C=O) groups excluding carboxylic acids is 1. The molecule has 3 rings (SSSR count). The van der Waals surface area contributed by atoms with Crippen LogP contribution in [0.1, 0.15) is 40.6 Å². The van der Waals surface area contributed by atoms with E-state index in [0.717, 1.165) is 17.0 Å². The summed E-state index contributed by atoms with van der Waals surface area (Å²) < 4.78 is 31.4. The summed E-state index contributed by atoms with van der Waals surface area (Å²) in [7, 11) is 0. The summed E-state index contributed by atoms with van der Waals surface area (Å²) in [5.74, 6) is -0.685. The monoisotopic (exact) mass is 389 g/mol. The van der Waals surface area contributed by atoms with Crippen LogP contribution in [0.3, 0.4) is 0 Å². The van der Waals surface area contributed by atoms with Gasteiger partial charge >= 0.3 is 0 Å². The smallest absolute Gasteiger partial charge is 0.252 e. The Bertz CT molecular complexity index is 962. The Morgan fingerprint density at radius 2 is 2.00 bits per heavy atom. The first-order chi connectivity index (χ1) is 12.9. The van der Waals surface area contributed by atoms with Gasteiger partial charge in [0.25, 0.3) is 5.91 Å². The molecule has 2 aromatic carbocycles. The molecule has 0 radical (unpaired) electrons. The zero-order chi connectivity index (χ0) is 19.4. The first-order valence-corrected chi connectivity index (χ1v) is 9.19. The molecule has 0 saturated carbocycles. The Morgan fingerprint density at radius 1 is 1.22 bits per heavy atom. The van der Waals surface area contributed by atoms with Crippen LogP contribution >= 0.6 is 11.8 Å². The average molecular weight is 389 g/mol. The third-order valence-corrected chi connectivity index (χ3v) is 4.92. The summed E-state index contributed by atoms with van der Waals surface area (Å²) in [6.45, 7) is 3.42. The number of rotatable bonds is 6. The fraction of sp³-hybridized carbons (Fsp3) is 0.211. The summed E-state index contributed by atoms with van der Waals surface area (Å²) in [5, 5.41) is 6.65. The molecule has 8 heteroatoms. The Hall–Kier alpha value is -2.74. The van der Waals surface area contributed by atoms with Gasteiger partial charge in [0.05, 0.1) is 17.4 Å². The number of nitrogens with one attached hydrogen (secondary N) is 1. The third kappa shape index (κ3) is 4.71. The number of aryl methyl sites for hydroxylation is 1. The van der Waals surface area contributed by atoms with Gasteiger partial charge in [-0.2, -0.15) is 4.98 Å². The van der Waals surface area contributed by atoms with E-state index in [1.807, 2.05) is 12.1 Å². The number of hydrogen-bond acceptors (Lipinski definition) is 5. The standard InChI is InChI=1S/C19H17F2N3O2S/c1-11(13-7-8-15(20)16(21)9-13)22-19(25)14-5-3-4-6-17(14)27-10-18-23-12(2)26-24-18/h3-9,11H,10H2,1-2H3,(H,22,25). The van der Waals surface area contributed by atoms with Crippen molar-refractivity contribution in [3.05, 3.63) is 76.9 Å². The van der Waals surface area contributed by atoms with E-state index in [1.165, 1.54) is 17.8 Å². The lowest BCUT2D eigenvalue weighted by molar-refractivity contribution is 0.0937. The molecule has 1 amide bonds. The number of aromatic nitrogens is 2. The Morgan fingerprint density at radius 3 is 2.70 bits per heavy atom. The van der Waals surface area contributed by atoms with E-state index in [0.29, 0.717) is 28.6 Å². The highest BCUT2D eigenvalue weighted by molar-refractivity contribution is 7.98. The minimum atomic E-state index is -0.944. The summed E-state index contributed by atoms with van der Waals surface area (Å²) >= 11 is 1.41. The van der Waals surface area contributed by atoms with Crippen molar-refractivity contribution >= 4 is 17.7 Å². The van der Waals surface area contributed by atoms with Crippen molar-refractivity contribution in [2.75, 3.05) is 0 Å². The van der Waals surface area contributed by atoms with Crippen LogP contribution in [0, 0.1) is 18.6 Å². The first kappa shape index (κ1) is 19.0.